The molecule has 0 unspecified atom stereocenters. The molecular formula is C23H28N4O. The third-order valence-corrected chi connectivity index (χ3v) is 5.50. The fourth-order valence-corrected chi connectivity index (χ4v) is 4.02. The van der Waals surface area contributed by atoms with Gasteiger partial charge < -0.3 is 9.88 Å². The lowest BCUT2D eigenvalue weighted by molar-refractivity contribution is 0.102. The first-order chi connectivity index (χ1) is 13.7. The fraction of sp³-hybridized carbons (Fsp3) is 0.391. The van der Waals surface area contributed by atoms with Gasteiger partial charge in [-0.15, -0.1) is 0 Å². The van der Waals surface area contributed by atoms with Gasteiger partial charge in [0.25, 0.3) is 5.91 Å². The van der Waals surface area contributed by atoms with E-state index in [1.165, 1.54) is 25.7 Å². The zero-order chi connectivity index (χ0) is 19.3. The molecule has 0 bridgehead atoms. The molecule has 0 aliphatic carbocycles. The molecule has 5 nitrogen and oxygen atoms in total. The maximum absolute atomic E-state index is 12.4. The first-order valence-electron chi connectivity index (χ1n) is 10.3. The minimum atomic E-state index is -0.0975. The Morgan fingerprint density at radius 1 is 1.04 bits per heavy atom. The maximum Gasteiger partial charge on any atom is 0.255 e. The Balaban J connectivity index is 1.56. The highest BCUT2D eigenvalue weighted by atomic mass is 16.1. The standard InChI is InChI=1S/C23H28N4O/c1-2-27-21-13-12-19(24-23(28)18-10-6-5-7-11-18)16-20(21)25-22(27)17-26-14-8-3-4-9-15-26/h5-7,10-13,16H,2-4,8-9,14-15,17H2,1H3,(H,24,28). The minimum absolute atomic E-state index is 0.0975. The molecule has 146 valence electrons. The molecule has 5 heteroatoms. The first-order valence-corrected chi connectivity index (χ1v) is 10.3. The largest absolute Gasteiger partial charge is 0.327 e. The maximum atomic E-state index is 12.4. The highest BCUT2D eigenvalue weighted by Crippen LogP contribution is 2.23. The van der Waals surface area contributed by atoms with Crippen molar-refractivity contribution < 1.29 is 4.79 Å². The van der Waals surface area contributed by atoms with Gasteiger partial charge in [-0.2, -0.15) is 0 Å². The number of aromatic nitrogens is 2. The highest BCUT2D eigenvalue weighted by molar-refractivity contribution is 6.04. The summed E-state index contributed by atoms with van der Waals surface area (Å²) in [7, 11) is 0. The smallest absolute Gasteiger partial charge is 0.255 e. The van der Waals surface area contributed by atoms with Gasteiger partial charge >= 0.3 is 0 Å². The normalized spacial score (nSPS) is 15.5. The molecule has 0 atom stereocenters. The van der Waals surface area contributed by atoms with Gasteiger partial charge in [-0.1, -0.05) is 31.0 Å². The number of hydrogen-bond acceptors (Lipinski definition) is 3. The Labute approximate surface area is 166 Å². The number of imidazole rings is 1. The van der Waals surface area contributed by atoms with Gasteiger partial charge in [0, 0.05) is 17.8 Å². The van der Waals surface area contributed by atoms with E-state index in [1.807, 2.05) is 42.5 Å². The summed E-state index contributed by atoms with van der Waals surface area (Å²) in [5, 5.41) is 2.99. The molecule has 1 saturated heterocycles. The van der Waals surface area contributed by atoms with Crippen molar-refractivity contribution in [2.45, 2.75) is 45.7 Å². The van der Waals surface area contributed by atoms with Crippen molar-refractivity contribution in [2.24, 2.45) is 0 Å². The summed E-state index contributed by atoms with van der Waals surface area (Å²) in [5.41, 5.74) is 3.51. The van der Waals surface area contributed by atoms with Crippen molar-refractivity contribution in [1.29, 1.82) is 0 Å². The van der Waals surface area contributed by atoms with Gasteiger partial charge in [-0.3, -0.25) is 9.69 Å². The number of anilines is 1. The van der Waals surface area contributed by atoms with Gasteiger partial charge in [-0.25, -0.2) is 4.98 Å². The average molecular weight is 377 g/mol. The van der Waals surface area contributed by atoms with E-state index < -0.39 is 0 Å². The third kappa shape index (κ3) is 4.09. The predicted octanol–water partition coefficient (Wildman–Crippen LogP) is 4.68. The van der Waals surface area contributed by atoms with Crippen LogP contribution in [0.2, 0.25) is 0 Å². The molecular weight excluding hydrogens is 348 g/mol. The van der Waals surface area contributed by atoms with E-state index in [0.717, 1.165) is 48.7 Å². The second kappa shape index (κ2) is 8.57. The Morgan fingerprint density at radius 3 is 2.50 bits per heavy atom. The van der Waals surface area contributed by atoms with Gasteiger partial charge in [0.1, 0.15) is 5.82 Å². The Bertz CT molecular complexity index is 940. The van der Waals surface area contributed by atoms with Crippen molar-refractivity contribution in [3.05, 3.63) is 59.9 Å². The number of fused-ring (bicyclic) bond motifs is 1. The predicted molar refractivity (Wildman–Crippen MR) is 114 cm³/mol. The highest BCUT2D eigenvalue weighted by Gasteiger charge is 2.16. The molecule has 28 heavy (non-hydrogen) atoms. The third-order valence-electron chi connectivity index (χ3n) is 5.50. The number of rotatable bonds is 5. The number of benzene rings is 2. The van der Waals surface area contributed by atoms with Crippen molar-refractivity contribution in [2.75, 3.05) is 18.4 Å². The molecule has 3 aromatic rings. The summed E-state index contributed by atoms with van der Waals surface area (Å²) in [6, 6.07) is 15.3. The Hall–Kier alpha value is -2.66. The number of hydrogen-bond donors (Lipinski definition) is 1. The quantitative estimate of drug-likeness (QED) is 0.703. The Kier molecular flexibility index (Phi) is 5.72. The number of carbonyl (C=O) groups is 1. The molecule has 0 saturated carbocycles. The number of likely N-dealkylation sites (tertiary alicyclic amines) is 1. The van der Waals surface area contributed by atoms with Crippen LogP contribution in [0.15, 0.2) is 48.5 Å². The van der Waals surface area contributed by atoms with E-state index in [-0.39, 0.29) is 5.91 Å². The van der Waals surface area contributed by atoms with Gasteiger partial charge in [0.2, 0.25) is 0 Å². The van der Waals surface area contributed by atoms with Gasteiger partial charge in [0.05, 0.1) is 17.6 Å². The summed E-state index contributed by atoms with van der Waals surface area (Å²) < 4.78 is 2.29. The van der Waals surface area contributed by atoms with E-state index in [1.54, 1.807) is 0 Å². The van der Waals surface area contributed by atoms with Crippen LogP contribution in [0, 0.1) is 0 Å². The molecule has 4 rings (SSSR count). The summed E-state index contributed by atoms with van der Waals surface area (Å²) in [5.74, 6) is 1.02. The van der Waals surface area contributed by atoms with Crippen LogP contribution in [0.25, 0.3) is 11.0 Å². The molecule has 2 aromatic carbocycles. The van der Waals surface area contributed by atoms with Crippen LogP contribution in [0.5, 0.6) is 0 Å². The average Bonchev–Trinajstić information content (AvgIpc) is 2.87. The number of carbonyl (C=O) groups excluding carboxylic acids is 1. The van der Waals surface area contributed by atoms with Gasteiger partial charge in [0.15, 0.2) is 0 Å². The molecule has 1 aliphatic heterocycles. The topological polar surface area (TPSA) is 50.2 Å². The molecule has 1 aromatic heterocycles. The minimum Gasteiger partial charge on any atom is -0.327 e. The van der Waals surface area contributed by atoms with Crippen LogP contribution in [0.1, 0.15) is 48.8 Å². The number of nitrogens with one attached hydrogen (secondary N) is 1. The SMILES string of the molecule is CCn1c(CN2CCCCCC2)nc2cc(NC(=O)c3ccccc3)ccc21. The summed E-state index contributed by atoms with van der Waals surface area (Å²) in [6.45, 7) is 6.28. The van der Waals surface area contributed by atoms with Crippen LogP contribution >= 0.6 is 0 Å². The summed E-state index contributed by atoms with van der Waals surface area (Å²) in [4.78, 5) is 19.9. The van der Waals surface area contributed by atoms with Crippen LogP contribution in [-0.4, -0.2) is 33.4 Å². The zero-order valence-electron chi connectivity index (χ0n) is 16.5. The number of aryl methyl sites for hydroxylation is 1. The lowest BCUT2D eigenvalue weighted by Gasteiger charge is -2.19. The van der Waals surface area contributed by atoms with E-state index in [4.69, 9.17) is 4.98 Å². The molecule has 0 spiro atoms. The van der Waals surface area contributed by atoms with Crippen LogP contribution in [0.3, 0.4) is 0 Å². The second-order valence-electron chi connectivity index (χ2n) is 7.49. The first kappa shape index (κ1) is 18.7. The zero-order valence-corrected chi connectivity index (χ0v) is 16.5. The van der Waals surface area contributed by atoms with Crippen molar-refractivity contribution >= 4 is 22.6 Å². The van der Waals surface area contributed by atoms with Crippen LogP contribution in [-0.2, 0) is 13.1 Å². The molecule has 0 radical (unpaired) electrons. The van der Waals surface area contributed by atoms with Crippen molar-refractivity contribution in [1.82, 2.24) is 14.5 Å². The van der Waals surface area contributed by atoms with Gasteiger partial charge in [-0.05, 0) is 63.2 Å². The monoisotopic (exact) mass is 376 g/mol. The van der Waals surface area contributed by atoms with E-state index in [9.17, 15) is 4.79 Å². The molecule has 1 N–H and O–H groups in total. The van der Waals surface area contributed by atoms with E-state index in [2.05, 4.69) is 27.8 Å². The number of nitrogens with zero attached hydrogens (tertiary/aromatic N) is 3. The number of amides is 1. The molecule has 1 aliphatic rings. The second-order valence-corrected chi connectivity index (χ2v) is 7.49. The Morgan fingerprint density at radius 2 is 1.79 bits per heavy atom. The molecule has 2 heterocycles. The summed E-state index contributed by atoms with van der Waals surface area (Å²) >= 11 is 0. The summed E-state index contributed by atoms with van der Waals surface area (Å²) in [6.07, 6.45) is 5.24. The lowest BCUT2D eigenvalue weighted by Crippen LogP contribution is -2.25. The molecule has 1 fully saturated rings. The van der Waals surface area contributed by atoms with Crippen LogP contribution < -0.4 is 5.32 Å². The fourth-order valence-electron chi connectivity index (χ4n) is 4.02. The van der Waals surface area contributed by atoms with Crippen molar-refractivity contribution in [3.63, 3.8) is 0 Å². The van der Waals surface area contributed by atoms with E-state index in [0.29, 0.717) is 5.56 Å². The van der Waals surface area contributed by atoms with Crippen LogP contribution in [0.4, 0.5) is 5.69 Å². The lowest BCUT2D eigenvalue weighted by atomic mass is 10.2. The van der Waals surface area contributed by atoms with Crippen molar-refractivity contribution in [3.8, 4) is 0 Å². The molecule has 1 amide bonds. The van der Waals surface area contributed by atoms with E-state index >= 15 is 0 Å².